The Bertz CT molecular complexity index is 1140. The standard InChI is InChI=1S/C24H22N5O/c1-30-21-8-3-6-18(16-21)17-5-2-7-20(15-17)24(19-9-12-26-13-10-19)22-27-11-4-14-29(22)23(25)28-24/h2,5-10,12-13,15-16H,4,11,14H2,1H3,(H2,25,28). The SMILES string of the molecule is COc1c[c]cc(-c2cccc(C3(c4ccncc4)N=C(N)N4CCCN=C43)c2)c1. The lowest BCUT2D eigenvalue weighted by atomic mass is 9.81. The molecule has 149 valence electrons. The molecule has 1 aromatic heterocycles. The molecular weight excluding hydrogens is 374 g/mol. The lowest BCUT2D eigenvalue weighted by Crippen LogP contribution is -2.46. The summed E-state index contributed by atoms with van der Waals surface area (Å²) in [5.74, 6) is 2.16. The Morgan fingerprint density at radius 3 is 2.77 bits per heavy atom. The summed E-state index contributed by atoms with van der Waals surface area (Å²) in [6.07, 6.45) is 4.54. The molecule has 3 heterocycles. The normalized spacial score (nSPS) is 20.4. The van der Waals surface area contributed by atoms with E-state index in [0.717, 1.165) is 53.3 Å². The van der Waals surface area contributed by atoms with Gasteiger partial charge in [-0.25, -0.2) is 4.99 Å². The maximum Gasteiger partial charge on any atom is 0.198 e. The second kappa shape index (κ2) is 7.30. The molecule has 0 fully saturated rings. The molecule has 2 aromatic carbocycles. The Morgan fingerprint density at radius 1 is 1.07 bits per heavy atom. The van der Waals surface area contributed by atoms with E-state index in [1.807, 2.05) is 41.3 Å². The Balaban J connectivity index is 1.72. The van der Waals surface area contributed by atoms with Gasteiger partial charge in [-0.05, 0) is 71.1 Å². The van der Waals surface area contributed by atoms with Crippen molar-refractivity contribution in [1.29, 1.82) is 0 Å². The number of amidine groups is 1. The summed E-state index contributed by atoms with van der Waals surface area (Å²) in [6, 6.07) is 21.3. The van der Waals surface area contributed by atoms with Crippen LogP contribution in [0.1, 0.15) is 17.5 Å². The zero-order valence-corrected chi connectivity index (χ0v) is 16.7. The second-order valence-electron chi connectivity index (χ2n) is 7.37. The van der Waals surface area contributed by atoms with Crippen molar-refractivity contribution in [2.24, 2.45) is 15.7 Å². The van der Waals surface area contributed by atoms with Crippen LogP contribution in [0.25, 0.3) is 11.1 Å². The van der Waals surface area contributed by atoms with E-state index >= 15 is 0 Å². The minimum absolute atomic E-state index is 0.505. The molecule has 1 unspecified atom stereocenters. The number of hydrogen-bond acceptors (Lipinski definition) is 6. The highest BCUT2D eigenvalue weighted by Crippen LogP contribution is 2.42. The van der Waals surface area contributed by atoms with Gasteiger partial charge in [0.25, 0.3) is 0 Å². The number of ether oxygens (including phenoxy) is 1. The van der Waals surface area contributed by atoms with Gasteiger partial charge in [-0.1, -0.05) is 18.2 Å². The Morgan fingerprint density at radius 2 is 1.93 bits per heavy atom. The zero-order chi connectivity index (χ0) is 20.6. The summed E-state index contributed by atoms with van der Waals surface area (Å²) >= 11 is 0. The number of aromatic nitrogens is 1. The first-order valence-corrected chi connectivity index (χ1v) is 9.97. The molecule has 6 heteroatoms. The molecular formula is C24H22N5O. The fraction of sp³-hybridized carbons (Fsp3) is 0.208. The number of benzene rings is 2. The van der Waals surface area contributed by atoms with Crippen LogP contribution in [0.3, 0.4) is 0 Å². The van der Waals surface area contributed by atoms with Crippen LogP contribution in [0.15, 0.2) is 77.0 Å². The average Bonchev–Trinajstić information content (AvgIpc) is 3.13. The van der Waals surface area contributed by atoms with Gasteiger partial charge >= 0.3 is 0 Å². The van der Waals surface area contributed by atoms with E-state index < -0.39 is 5.54 Å². The van der Waals surface area contributed by atoms with Crippen LogP contribution in [-0.4, -0.2) is 41.9 Å². The van der Waals surface area contributed by atoms with Gasteiger partial charge in [0, 0.05) is 25.5 Å². The molecule has 0 amide bonds. The Hall–Kier alpha value is -3.67. The van der Waals surface area contributed by atoms with E-state index in [4.69, 9.17) is 20.5 Å². The molecule has 2 aliphatic rings. The lowest BCUT2D eigenvalue weighted by molar-refractivity contribution is 0.415. The molecule has 0 saturated heterocycles. The average molecular weight is 396 g/mol. The van der Waals surface area contributed by atoms with Crippen molar-refractivity contribution in [3.05, 3.63) is 84.2 Å². The van der Waals surface area contributed by atoms with Crippen molar-refractivity contribution < 1.29 is 4.74 Å². The number of fused-ring (bicyclic) bond motifs is 1. The number of hydrogen-bond donors (Lipinski definition) is 1. The van der Waals surface area contributed by atoms with E-state index in [1.54, 1.807) is 19.5 Å². The quantitative estimate of drug-likeness (QED) is 0.735. The molecule has 0 spiro atoms. The molecule has 3 aromatic rings. The van der Waals surface area contributed by atoms with Crippen molar-refractivity contribution in [3.8, 4) is 16.9 Å². The predicted molar refractivity (Wildman–Crippen MR) is 118 cm³/mol. The fourth-order valence-corrected chi connectivity index (χ4v) is 4.23. The van der Waals surface area contributed by atoms with E-state index in [2.05, 4.69) is 29.2 Å². The largest absolute Gasteiger partial charge is 0.497 e. The number of nitrogens with two attached hydrogens (primary N) is 1. The lowest BCUT2D eigenvalue weighted by Gasteiger charge is -2.33. The van der Waals surface area contributed by atoms with Crippen LogP contribution in [0.4, 0.5) is 0 Å². The first-order chi connectivity index (χ1) is 14.7. The van der Waals surface area contributed by atoms with Crippen LogP contribution in [0.2, 0.25) is 0 Å². The highest BCUT2D eigenvalue weighted by Gasteiger charge is 2.49. The van der Waals surface area contributed by atoms with Crippen molar-refractivity contribution in [3.63, 3.8) is 0 Å². The summed E-state index contributed by atoms with van der Waals surface area (Å²) in [5, 5.41) is 0. The number of pyridine rings is 1. The number of aliphatic imine (C=N–C) groups is 2. The van der Waals surface area contributed by atoms with Gasteiger partial charge in [-0.2, -0.15) is 0 Å². The van der Waals surface area contributed by atoms with E-state index in [-0.39, 0.29) is 0 Å². The van der Waals surface area contributed by atoms with Crippen LogP contribution >= 0.6 is 0 Å². The minimum Gasteiger partial charge on any atom is -0.497 e. The van der Waals surface area contributed by atoms with Gasteiger partial charge < -0.3 is 10.5 Å². The molecule has 0 saturated carbocycles. The van der Waals surface area contributed by atoms with Gasteiger partial charge in [-0.3, -0.25) is 14.9 Å². The predicted octanol–water partition coefficient (Wildman–Crippen LogP) is 3.23. The van der Waals surface area contributed by atoms with E-state index in [0.29, 0.717) is 5.96 Å². The van der Waals surface area contributed by atoms with Crippen LogP contribution in [0, 0.1) is 6.07 Å². The van der Waals surface area contributed by atoms with Crippen LogP contribution in [0.5, 0.6) is 5.75 Å². The first kappa shape index (κ1) is 18.4. The van der Waals surface area contributed by atoms with Crippen molar-refractivity contribution in [1.82, 2.24) is 9.88 Å². The smallest absolute Gasteiger partial charge is 0.198 e. The van der Waals surface area contributed by atoms with Crippen molar-refractivity contribution in [2.45, 2.75) is 12.0 Å². The zero-order valence-electron chi connectivity index (χ0n) is 16.7. The molecule has 1 radical (unpaired) electrons. The molecule has 2 aliphatic heterocycles. The fourth-order valence-electron chi connectivity index (χ4n) is 4.23. The molecule has 6 nitrogen and oxygen atoms in total. The van der Waals surface area contributed by atoms with Crippen molar-refractivity contribution in [2.75, 3.05) is 20.2 Å². The van der Waals surface area contributed by atoms with E-state index in [9.17, 15) is 0 Å². The van der Waals surface area contributed by atoms with Gasteiger partial charge in [0.2, 0.25) is 0 Å². The highest BCUT2D eigenvalue weighted by atomic mass is 16.5. The van der Waals surface area contributed by atoms with Crippen LogP contribution in [-0.2, 0) is 5.54 Å². The monoisotopic (exact) mass is 396 g/mol. The summed E-state index contributed by atoms with van der Waals surface area (Å²) in [7, 11) is 1.66. The molecule has 1 atom stereocenters. The molecule has 0 aliphatic carbocycles. The maximum atomic E-state index is 6.38. The van der Waals surface area contributed by atoms with Gasteiger partial charge in [0.1, 0.15) is 11.6 Å². The number of rotatable bonds is 4. The van der Waals surface area contributed by atoms with Crippen LogP contribution < -0.4 is 10.5 Å². The molecule has 30 heavy (non-hydrogen) atoms. The molecule has 0 bridgehead atoms. The van der Waals surface area contributed by atoms with Gasteiger partial charge in [0.15, 0.2) is 11.5 Å². The summed E-state index contributed by atoms with van der Waals surface area (Å²) in [5.41, 5.74) is 9.69. The number of guanidine groups is 1. The summed E-state index contributed by atoms with van der Waals surface area (Å²) in [4.78, 5) is 16.1. The number of nitrogens with zero attached hydrogens (tertiary/aromatic N) is 4. The van der Waals surface area contributed by atoms with Gasteiger partial charge in [-0.15, -0.1) is 0 Å². The third-order valence-corrected chi connectivity index (χ3v) is 5.65. The Labute approximate surface area is 175 Å². The summed E-state index contributed by atoms with van der Waals surface area (Å²) in [6.45, 7) is 1.59. The third kappa shape index (κ3) is 2.84. The second-order valence-corrected chi connectivity index (χ2v) is 7.37. The van der Waals surface area contributed by atoms with Gasteiger partial charge in [0.05, 0.1) is 7.11 Å². The number of methoxy groups -OCH3 is 1. The highest BCUT2D eigenvalue weighted by molar-refractivity contribution is 6.12. The topological polar surface area (TPSA) is 76.1 Å². The summed E-state index contributed by atoms with van der Waals surface area (Å²) < 4.78 is 5.38. The Kier molecular flexibility index (Phi) is 4.47. The molecule has 5 rings (SSSR count). The van der Waals surface area contributed by atoms with E-state index in [1.165, 1.54) is 0 Å². The van der Waals surface area contributed by atoms with Crippen molar-refractivity contribution >= 4 is 11.8 Å². The third-order valence-electron chi connectivity index (χ3n) is 5.65. The maximum absolute atomic E-state index is 6.38. The first-order valence-electron chi connectivity index (χ1n) is 9.97. The minimum atomic E-state index is -0.786. The molecule has 2 N–H and O–H groups in total.